The number of carbonyl (C=O) groups excluding carboxylic acids is 1. The zero-order valence-electron chi connectivity index (χ0n) is 26.0. The van der Waals surface area contributed by atoms with Crippen LogP contribution in [0.1, 0.15) is 56.3 Å². The van der Waals surface area contributed by atoms with Crippen molar-refractivity contribution in [3.05, 3.63) is 119 Å². The van der Waals surface area contributed by atoms with Crippen molar-refractivity contribution in [2.45, 2.75) is 46.3 Å². The summed E-state index contributed by atoms with van der Waals surface area (Å²) in [6.45, 7) is 6.40. The highest BCUT2D eigenvalue weighted by Gasteiger charge is 2.36. The molecule has 3 aromatic carbocycles. The number of rotatable bonds is 12. The van der Waals surface area contributed by atoms with Crippen LogP contribution in [0.15, 0.2) is 81.7 Å². The Labute approximate surface area is 275 Å². The number of methoxy groups -OCH3 is 1. The van der Waals surface area contributed by atoms with E-state index in [-0.39, 0.29) is 30.2 Å². The highest BCUT2D eigenvalue weighted by Crippen LogP contribution is 2.38. The Morgan fingerprint density at radius 2 is 1.76 bits per heavy atom. The number of thiazole rings is 1. The summed E-state index contributed by atoms with van der Waals surface area (Å²) in [5, 5.41) is 0.431. The first-order chi connectivity index (χ1) is 22.3. The molecule has 240 valence electrons. The predicted molar refractivity (Wildman–Crippen MR) is 176 cm³/mol. The van der Waals surface area contributed by atoms with Gasteiger partial charge in [-0.3, -0.25) is 9.36 Å². The Hall–Kier alpha value is -4.41. The Balaban J connectivity index is 1.62. The Morgan fingerprint density at radius 1 is 1.00 bits per heavy atom. The topological polar surface area (TPSA) is 88.4 Å². The maximum absolute atomic E-state index is 14.2. The fourth-order valence-electron chi connectivity index (χ4n) is 5.23. The average molecular weight is 665 g/mol. The van der Waals surface area contributed by atoms with Gasteiger partial charge in [-0.1, -0.05) is 54.5 Å². The second kappa shape index (κ2) is 14.8. The molecule has 0 radical (unpaired) electrons. The van der Waals surface area contributed by atoms with E-state index in [2.05, 4.69) is 0 Å². The lowest BCUT2D eigenvalue weighted by atomic mass is 9.93. The number of halogens is 2. The van der Waals surface area contributed by atoms with Crippen LogP contribution in [0.25, 0.3) is 6.08 Å². The smallest absolute Gasteiger partial charge is 0.338 e. The van der Waals surface area contributed by atoms with E-state index in [1.807, 2.05) is 19.9 Å². The molecule has 0 fully saturated rings. The van der Waals surface area contributed by atoms with E-state index in [1.54, 1.807) is 55.5 Å². The number of nitrogens with zero attached hydrogens (tertiary/aromatic N) is 2. The van der Waals surface area contributed by atoms with Crippen LogP contribution in [-0.2, 0) is 16.1 Å². The van der Waals surface area contributed by atoms with Gasteiger partial charge in [0.15, 0.2) is 16.3 Å². The maximum atomic E-state index is 14.2. The van der Waals surface area contributed by atoms with E-state index < -0.39 is 12.0 Å². The van der Waals surface area contributed by atoms with Gasteiger partial charge in [-0.05, 0) is 79.9 Å². The van der Waals surface area contributed by atoms with Crippen LogP contribution in [0.5, 0.6) is 17.2 Å². The van der Waals surface area contributed by atoms with Gasteiger partial charge in [-0.15, -0.1) is 0 Å². The van der Waals surface area contributed by atoms with Gasteiger partial charge in [0.2, 0.25) is 0 Å². The van der Waals surface area contributed by atoms with Gasteiger partial charge in [-0.25, -0.2) is 14.2 Å². The Bertz CT molecular complexity index is 1950. The van der Waals surface area contributed by atoms with Crippen molar-refractivity contribution in [2.75, 3.05) is 20.3 Å². The molecule has 11 heteroatoms. The third-order valence-electron chi connectivity index (χ3n) is 7.25. The van der Waals surface area contributed by atoms with Crippen molar-refractivity contribution >= 4 is 35.0 Å². The second-order valence-corrected chi connectivity index (χ2v) is 11.8. The molecule has 1 aliphatic rings. The number of benzene rings is 3. The van der Waals surface area contributed by atoms with Crippen molar-refractivity contribution in [2.24, 2.45) is 4.99 Å². The van der Waals surface area contributed by atoms with Gasteiger partial charge in [-0.2, -0.15) is 0 Å². The molecule has 0 aliphatic carbocycles. The van der Waals surface area contributed by atoms with E-state index in [4.69, 9.17) is 35.5 Å². The molecule has 1 aromatic heterocycles. The molecular formula is C35H34ClFN2O6S. The minimum Gasteiger partial charge on any atom is -0.496 e. The number of allylic oxidation sites excluding steroid dienone is 1. The third kappa shape index (κ3) is 7.03. The maximum Gasteiger partial charge on any atom is 0.338 e. The fourth-order valence-corrected chi connectivity index (χ4v) is 6.43. The monoisotopic (exact) mass is 664 g/mol. The first kappa shape index (κ1) is 33.0. The van der Waals surface area contributed by atoms with Crippen LogP contribution in [0.3, 0.4) is 0 Å². The third-order valence-corrected chi connectivity index (χ3v) is 8.47. The predicted octanol–water partition coefficient (Wildman–Crippen LogP) is 6.36. The first-order valence-corrected chi connectivity index (χ1v) is 16.2. The van der Waals surface area contributed by atoms with E-state index in [0.29, 0.717) is 61.5 Å². The molecule has 0 bridgehead atoms. The Kier molecular flexibility index (Phi) is 10.6. The zero-order valence-corrected chi connectivity index (χ0v) is 27.5. The SMILES string of the molecule is CCCC1=C(C(=O)OCC)[C@H](c2cc(Cl)ccc2OC)n2c(s/c(=C/c3ccc(OCc4ccc(F)cc4)c(OCC)c3)c2=O)=N1. The molecule has 8 nitrogen and oxygen atoms in total. The van der Waals surface area contributed by atoms with Crippen LogP contribution >= 0.6 is 22.9 Å². The van der Waals surface area contributed by atoms with Crippen molar-refractivity contribution < 1.29 is 28.1 Å². The summed E-state index contributed by atoms with van der Waals surface area (Å²) in [6.07, 6.45) is 3.00. The summed E-state index contributed by atoms with van der Waals surface area (Å²) in [4.78, 5) is 32.9. The molecular weight excluding hydrogens is 631 g/mol. The molecule has 4 aromatic rings. The summed E-state index contributed by atoms with van der Waals surface area (Å²) < 4.78 is 38.2. The van der Waals surface area contributed by atoms with Crippen LogP contribution in [0.4, 0.5) is 4.39 Å². The lowest BCUT2D eigenvalue weighted by molar-refractivity contribution is -0.139. The van der Waals surface area contributed by atoms with E-state index in [0.717, 1.165) is 12.0 Å². The largest absolute Gasteiger partial charge is 0.496 e. The number of hydrogen-bond acceptors (Lipinski definition) is 8. The van der Waals surface area contributed by atoms with Crippen LogP contribution in [-0.4, -0.2) is 30.9 Å². The summed E-state index contributed by atoms with van der Waals surface area (Å²) in [5.41, 5.74) is 2.58. The fraction of sp³-hybridized carbons (Fsp3) is 0.286. The standard InChI is InChI=1S/C35H34ClFN2O6S/c1-5-8-26-31(34(41)44-7-3)32(25-19-23(36)12-16-27(25)42-4)39-33(40)30(46-35(39)38-26)18-22-11-15-28(29(17-22)43-6-2)45-20-21-9-13-24(37)14-10-21/h9-19,32H,5-8,20H2,1-4H3/b30-18+/t32-/m0/s1. The molecule has 1 aliphatic heterocycles. The molecule has 0 saturated heterocycles. The lowest BCUT2D eigenvalue weighted by Crippen LogP contribution is -2.40. The minimum atomic E-state index is -0.867. The van der Waals surface area contributed by atoms with Crippen molar-refractivity contribution in [3.8, 4) is 17.2 Å². The number of fused-ring (bicyclic) bond motifs is 1. The normalized spacial score (nSPS) is 14.5. The van der Waals surface area contributed by atoms with Gasteiger partial charge >= 0.3 is 5.97 Å². The van der Waals surface area contributed by atoms with Crippen molar-refractivity contribution in [1.29, 1.82) is 0 Å². The van der Waals surface area contributed by atoms with Crippen molar-refractivity contribution in [1.82, 2.24) is 4.57 Å². The lowest BCUT2D eigenvalue weighted by Gasteiger charge is -2.27. The number of hydrogen-bond donors (Lipinski definition) is 0. The van der Waals surface area contributed by atoms with Crippen LogP contribution < -0.4 is 29.1 Å². The van der Waals surface area contributed by atoms with Crippen molar-refractivity contribution in [3.63, 3.8) is 0 Å². The quantitative estimate of drug-likeness (QED) is 0.164. The number of aromatic nitrogens is 1. The molecule has 0 spiro atoms. The van der Waals surface area contributed by atoms with Crippen LogP contribution in [0.2, 0.25) is 5.02 Å². The van der Waals surface area contributed by atoms with E-state index in [1.165, 1.54) is 35.1 Å². The second-order valence-electron chi connectivity index (χ2n) is 10.4. The number of esters is 1. The first-order valence-electron chi connectivity index (χ1n) is 15.0. The molecule has 5 rings (SSSR count). The van der Waals surface area contributed by atoms with Gasteiger partial charge in [0.1, 0.15) is 24.2 Å². The highest BCUT2D eigenvalue weighted by molar-refractivity contribution is 7.07. The van der Waals surface area contributed by atoms with E-state index in [9.17, 15) is 14.0 Å². The number of ether oxygens (including phenoxy) is 4. The summed E-state index contributed by atoms with van der Waals surface area (Å²) in [5.74, 6) is 0.628. The molecule has 1 atom stereocenters. The van der Waals surface area contributed by atoms with Gasteiger partial charge in [0, 0.05) is 10.6 Å². The summed E-state index contributed by atoms with van der Waals surface area (Å²) >= 11 is 7.66. The van der Waals surface area contributed by atoms with Gasteiger partial charge in [0.25, 0.3) is 5.56 Å². The molecule has 0 N–H and O–H groups in total. The zero-order chi connectivity index (χ0) is 32.8. The van der Waals surface area contributed by atoms with E-state index >= 15 is 0 Å². The van der Waals surface area contributed by atoms with Gasteiger partial charge in [0.05, 0.1) is 36.1 Å². The molecule has 46 heavy (non-hydrogen) atoms. The molecule has 0 saturated carbocycles. The molecule has 2 heterocycles. The highest BCUT2D eigenvalue weighted by atomic mass is 35.5. The number of carbonyl (C=O) groups is 1. The average Bonchev–Trinajstić information content (AvgIpc) is 3.35. The minimum absolute atomic E-state index is 0.164. The summed E-state index contributed by atoms with van der Waals surface area (Å²) in [6, 6.07) is 15.7. The van der Waals surface area contributed by atoms with Gasteiger partial charge < -0.3 is 18.9 Å². The Morgan fingerprint density at radius 3 is 2.46 bits per heavy atom. The molecule has 0 unspecified atom stereocenters. The summed E-state index contributed by atoms with van der Waals surface area (Å²) in [7, 11) is 1.53. The van der Waals surface area contributed by atoms with Crippen LogP contribution in [0, 0.1) is 5.82 Å². The molecule has 0 amide bonds.